The summed E-state index contributed by atoms with van der Waals surface area (Å²) in [6, 6.07) is 0.193. The van der Waals surface area contributed by atoms with E-state index in [0.717, 1.165) is 6.07 Å². The Morgan fingerprint density at radius 3 is 2.27 bits per heavy atom. The van der Waals surface area contributed by atoms with Gasteiger partial charge in [-0.25, -0.2) is 13.2 Å². The molecule has 0 aliphatic rings. The van der Waals surface area contributed by atoms with Gasteiger partial charge in [-0.15, -0.1) is 0 Å². The summed E-state index contributed by atoms with van der Waals surface area (Å²) in [7, 11) is 0. The lowest BCUT2D eigenvalue weighted by molar-refractivity contribution is 0.147. The fourth-order valence-corrected chi connectivity index (χ4v) is 1.51. The largest absolute Gasteiger partial charge is 0.387 e. The Morgan fingerprint density at radius 1 is 1.27 bits per heavy atom. The molecule has 0 aliphatic heterocycles. The average molecular weight is 284 g/mol. The predicted molar refractivity (Wildman–Crippen MR) is 52.6 cm³/mol. The molecule has 15 heavy (non-hydrogen) atoms. The first-order chi connectivity index (χ1) is 6.86. The van der Waals surface area contributed by atoms with E-state index in [1.54, 1.807) is 0 Å². The first-order valence-corrected chi connectivity index (χ1v) is 4.92. The van der Waals surface area contributed by atoms with Gasteiger partial charge in [-0.1, -0.05) is 0 Å². The predicted octanol–water partition coefficient (Wildman–Crippen LogP) is 2.25. The molecule has 6 heteroatoms. The Hall–Kier alpha value is -0.590. The van der Waals surface area contributed by atoms with Crippen molar-refractivity contribution in [3.8, 4) is 0 Å². The summed E-state index contributed by atoms with van der Waals surface area (Å²) in [6.07, 6.45) is -1.38. The van der Waals surface area contributed by atoms with Crippen LogP contribution in [0.25, 0.3) is 0 Å². The molecule has 2 atom stereocenters. The maximum Gasteiger partial charge on any atom is 0.195 e. The van der Waals surface area contributed by atoms with Crippen LogP contribution in [0.15, 0.2) is 10.5 Å². The Labute approximate surface area is 93.0 Å². The Morgan fingerprint density at radius 2 is 1.80 bits per heavy atom. The van der Waals surface area contributed by atoms with Crippen LogP contribution in [0.2, 0.25) is 0 Å². The number of benzene rings is 1. The lowest BCUT2D eigenvalue weighted by Crippen LogP contribution is -2.25. The van der Waals surface area contributed by atoms with E-state index < -0.39 is 29.6 Å². The molecule has 0 unspecified atom stereocenters. The Kier molecular flexibility index (Phi) is 3.75. The normalized spacial score (nSPS) is 15.1. The fourth-order valence-electron chi connectivity index (χ4n) is 1.09. The SMILES string of the molecule is C[C@H](N)[C@H](O)c1cc(Br)c(F)c(F)c1F. The van der Waals surface area contributed by atoms with Gasteiger partial charge in [0.1, 0.15) is 0 Å². The molecule has 3 N–H and O–H groups in total. The Bertz CT molecular complexity index is 384. The van der Waals surface area contributed by atoms with E-state index in [1.807, 2.05) is 0 Å². The van der Waals surface area contributed by atoms with E-state index in [1.165, 1.54) is 6.92 Å². The molecule has 0 aliphatic carbocycles. The van der Waals surface area contributed by atoms with Crippen LogP contribution in [0.4, 0.5) is 13.2 Å². The van der Waals surface area contributed by atoms with Gasteiger partial charge < -0.3 is 10.8 Å². The Balaban J connectivity index is 3.32. The second-order valence-electron chi connectivity index (χ2n) is 3.19. The smallest absolute Gasteiger partial charge is 0.195 e. The average Bonchev–Trinajstić information content (AvgIpc) is 2.19. The van der Waals surface area contributed by atoms with Crippen LogP contribution in [0.1, 0.15) is 18.6 Å². The van der Waals surface area contributed by atoms with Crippen molar-refractivity contribution in [2.45, 2.75) is 19.1 Å². The summed E-state index contributed by atoms with van der Waals surface area (Å²) in [6.45, 7) is 1.43. The van der Waals surface area contributed by atoms with E-state index in [9.17, 15) is 18.3 Å². The number of aliphatic hydroxyl groups excluding tert-OH is 1. The molecule has 1 aromatic rings. The molecular weight excluding hydrogens is 275 g/mol. The van der Waals surface area contributed by atoms with Crippen LogP contribution < -0.4 is 5.73 Å². The number of hydrogen-bond acceptors (Lipinski definition) is 2. The van der Waals surface area contributed by atoms with Crippen LogP contribution in [-0.2, 0) is 0 Å². The highest BCUT2D eigenvalue weighted by atomic mass is 79.9. The number of rotatable bonds is 2. The quantitative estimate of drug-likeness (QED) is 0.646. The fraction of sp³-hybridized carbons (Fsp3) is 0.333. The molecule has 0 spiro atoms. The molecule has 0 fully saturated rings. The zero-order chi connectivity index (χ0) is 11.7. The van der Waals surface area contributed by atoms with Crippen LogP contribution >= 0.6 is 15.9 Å². The van der Waals surface area contributed by atoms with Crippen molar-refractivity contribution in [1.29, 1.82) is 0 Å². The minimum absolute atomic E-state index is 0.254. The van der Waals surface area contributed by atoms with Gasteiger partial charge in [-0.3, -0.25) is 0 Å². The molecule has 0 saturated carbocycles. The third-order valence-corrected chi connectivity index (χ3v) is 2.52. The highest BCUT2D eigenvalue weighted by Gasteiger charge is 2.23. The standard InChI is InChI=1S/C9H9BrF3NO/c1-3(14)9(15)4-2-5(10)7(12)8(13)6(4)11/h2-3,9,15H,14H2,1H3/t3-,9-/m0/s1. The molecule has 84 valence electrons. The summed E-state index contributed by atoms with van der Waals surface area (Å²) in [4.78, 5) is 0. The highest BCUT2D eigenvalue weighted by Crippen LogP contribution is 2.28. The van der Waals surface area contributed by atoms with Crippen molar-refractivity contribution < 1.29 is 18.3 Å². The van der Waals surface area contributed by atoms with Crippen molar-refractivity contribution in [3.05, 3.63) is 33.6 Å². The zero-order valence-electron chi connectivity index (χ0n) is 7.77. The van der Waals surface area contributed by atoms with Crippen molar-refractivity contribution in [2.24, 2.45) is 5.73 Å². The van der Waals surface area contributed by atoms with Gasteiger partial charge in [-0.05, 0) is 28.9 Å². The minimum Gasteiger partial charge on any atom is -0.387 e. The first-order valence-electron chi connectivity index (χ1n) is 4.12. The molecule has 1 aromatic carbocycles. The monoisotopic (exact) mass is 283 g/mol. The van der Waals surface area contributed by atoms with Crippen LogP contribution in [0.3, 0.4) is 0 Å². The van der Waals surface area contributed by atoms with Gasteiger partial charge in [-0.2, -0.15) is 0 Å². The maximum absolute atomic E-state index is 13.2. The van der Waals surface area contributed by atoms with Crippen LogP contribution in [0, 0.1) is 17.5 Å². The molecule has 0 amide bonds. The number of aliphatic hydroxyl groups is 1. The van der Waals surface area contributed by atoms with Crippen molar-refractivity contribution in [3.63, 3.8) is 0 Å². The third kappa shape index (κ3) is 2.32. The number of hydrogen-bond donors (Lipinski definition) is 2. The van der Waals surface area contributed by atoms with Gasteiger partial charge >= 0.3 is 0 Å². The topological polar surface area (TPSA) is 46.2 Å². The van der Waals surface area contributed by atoms with Crippen molar-refractivity contribution >= 4 is 15.9 Å². The van der Waals surface area contributed by atoms with Gasteiger partial charge in [0.05, 0.1) is 10.6 Å². The lowest BCUT2D eigenvalue weighted by atomic mass is 10.0. The maximum atomic E-state index is 13.2. The van der Waals surface area contributed by atoms with Crippen LogP contribution in [-0.4, -0.2) is 11.1 Å². The van der Waals surface area contributed by atoms with E-state index >= 15 is 0 Å². The summed E-state index contributed by atoms with van der Waals surface area (Å²) in [5, 5.41) is 9.44. The number of halogens is 4. The zero-order valence-corrected chi connectivity index (χ0v) is 9.35. The second-order valence-corrected chi connectivity index (χ2v) is 4.05. The molecule has 1 rings (SSSR count). The molecule has 0 saturated heterocycles. The minimum atomic E-state index is -1.63. The van der Waals surface area contributed by atoms with E-state index in [2.05, 4.69) is 15.9 Å². The van der Waals surface area contributed by atoms with Crippen molar-refractivity contribution in [2.75, 3.05) is 0 Å². The summed E-state index contributed by atoms with van der Waals surface area (Å²) in [5.41, 5.74) is 4.96. The summed E-state index contributed by atoms with van der Waals surface area (Å²) >= 11 is 2.71. The molecular formula is C9H9BrF3NO. The van der Waals surface area contributed by atoms with Gasteiger partial charge in [0, 0.05) is 11.6 Å². The second kappa shape index (κ2) is 4.51. The molecule has 0 radical (unpaired) electrons. The van der Waals surface area contributed by atoms with Crippen LogP contribution in [0.5, 0.6) is 0 Å². The summed E-state index contributed by atoms with van der Waals surface area (Å²) in [5.74, 6) is -4.37. The molecule has 0 bridgehead atoms. The highest BCUT2D eigenvalue weighted by molar-refractivity contribution is 9.10. The van der Waals surface area contributed by atoms with Crippen molar-refractivity contribution in [1.82, 2.24) is 0 Å². The molecule has 2 nitrogen and oxygen atoms in total. The third-order valence-electron chi connectivity index (χ3n) is 1.95. The number of nitrogens with two attached hydrogens (primary N) is 1. The molecule has 0 heterocycles. The summed E-state index contributed by atoms with van der Waals surface area (Å²) < 4.78 is 38.8. The van der Waals surface area contributed by atoms with E-state index in [0.29, 0.717) is 0 Å². The lowest BCUT2D eigenvalue weighted by Gasteiger charge is -2.16. The molecule has 0 aromatic heterocycles. The van der Waals surface area contributed by atoms with Gasteiger partial charge in [0.25, 0.3) is 0 Å². The van der Waals surface area contributed by atoms with Gasteiger partial charge in [0.2, 0.25) is 0 Å². The van der Waals surface area contributed by atoms with E-state index in [4.69, 9.17) is 5.73 Å². The van der Waals surface area contributed by atoms with E-state index in [-0.39, 0.29) is 10.0 Å². The first kappa shape index (κ1) is 12.5. The van der Waals surface area contributed by atoms with Gasteiger partial charge in [0.15, 0.2) is 17.5 Å².